The summed E-state index contributed by atoms with van der Waals surface area (Å²) in [7, 11) is 1.52. The van der Waals surface area contributed by atoms with Crippen LogP contribution in [-0.2, 0) is 39.9 Å². The summed E-state index contributed by atoms with van der Waals surface area (Å²) in [6, 6.07) is 5.87. The topological polar surface area (TPSA) is 158 Å². The second-order valence-corrected chi connectivity index (χ2v) is 12.5. The molecule has 45 heavy (non-hydrogen) atoms. The van der Waals surface area contributed by atoms with Crippen molar-refractivity contribution >= 4 is 29.5 Å². The Morgan fingerprint density at radius 1 is 0.978 bits per heavy atom. The summed E-state index contributed by atoms with van der Waals surface area (Å²) in [5.74, 6) is -2.31. The van der Waals surface area contributed by atoms with Crippen molar-refractivity contribution in [3.63, 3.8) is 0 Å². The summed E-state index contributed by atoms with van der Waals surface area (Å²) in [6.07, 6.45) is 0.577. The molecule has 4 saturated heterocycles. The lowest BCUT2D eigenvalue weighted by Crippen LogP contribution is -2.60. The normalized spacial score (nSPS) is 31.2. The molecular weight excluding hydrogens is 582 g/mol. The molecule has 5 rings (SSSR count). The number of nitrogens with zero attached hydrogens (tertiary/aromatic N) is 3. The molecule has 13 heteroatoms. The van der Waals surface area contributed by atoms with Gasteiger partial charge in [-0.05, 0) is 44.6 Å². The van der Waals surface area contributed by atoms with Gasteiger partial charge < -0.3 is 39.9 Å². The van der Waals surface area contributed by atoms with E-state index >= 15 is 0 Å². The van der Waals surface area contributed by atoms with E-state index in [9.17, 15) is 29.1 Å². The standard InChI is InChI=1S/C32H45N5O8/c1-20-29(40)34-24(17-21-7-4-3-5-8-21)30(41)33-23-12-16-45-26(28(23)39)18-36(31(42)22-10-14-44-15-11-22)19-27(38)37-13-6-9-25(37)32(43)35(20)2/h3-5,7-8,20,22-26,28,39H,6,9-19H2,1-2H3,(H,33,41)(H,34,40)/t20-,23-,24-,25-,26+,28-/m0/s1. The number of likely N-dealkylation sites (N-methyl/N-ethyl adjacent to an activating group) is 1. The number of carbonyl (C=O) groups is 5. The molecule has 0 spiro atoms. The molecular formula is C32H45N5O8. The van der Waals surface area contributed by atoms with E-state index in [0.717, 1.165) is 5.56 Å². The average molecular weight is 628 g/mol. The lowest BCUT2D eigenvalue weighted by Gasteiger charge is -2.39. The van der Waals surface area contributed by atoms with Gasteiger partial charge in [-0.3, -0.25) is 24.0 Å². The molecule has 5 amide bonds. The smallest absolute Gasteiger partial charge is 0.245 e. The molecule has 1 aromatic carbocycles. The molecule has 0 aromatic heterocycles. The van der Waals surface area contributed by atoms with Crippen molar-refractivity contribution in [1.82, 2.24) is 25.3 Å². The highest BCUT2D eigenvalue weighted by Crippen LogP contribution is 2.24. The van der Waals surface area contributed by atoms with Crippen molar-refractivity contribution in [2.45, 2.75) is 81.8 Å². The van der Waals surface area contributed by atoms with E-state index in [4.69, 9.17) is 9.47 Å². The molecule has 6 atom stereocenters. The summed E-state index contributed by atoms with van der Waals surface area (Å²) in [5, 5.41) is 17.1. The number of ether oxygens (including phenoxy) is 2. The lowest BCUT2D eigenvalue weighted by molar-refractivity contribution is -0.153. The Balaban J connectivity index is 1.46. The Bertz CT molecular complexity index is 1240. The van der Waals surface area contributed by atoms with E-state index in [0.29, 0.717) is 51.9 Å². The molecule has 0 radical (unpaired) electrons. The monoisotopic (exact) mass is 627 g/mol. The fraction of sp³-hybridized carbons (Fsp3) is 0.656. The summed E-state index contributed by atoms with van der Waals surface area (Å²) in [6.45, 7) is 2.72. The van der Waals surface area contributed by atoms with Crippen LogP contribution in [0.25, 0.3) is 0 Å². The van der Waals surface area contributed by atoms with Gasteiger partial charge in [-0.2, -0.15) is 0 Å². The Kier molecular flexibility index (Phi) is 10.7. The highest BCUT2D eigenvalue weighted by molar-refractivity contribution is 5.95. The van der Waals surface area contributed by atoms with Gasteiger partial charge in [0.25, 0.3) is 0 Å². The number of amides is 5. The first kappa shape index (κ1) is 32.8. The zero-order chi connectivity index (χ0) is 32.1. The lowest BCUT2D eigenvalue weighted by atomic mass is 9.95. The first-order chi connectivity index (χ1) is 21.6. The first-order valence-electron chi connectivity index (χ1n) is 16.0. The number of aliphatic hydroxyl groups excluding tert-OH is 1. The van der Waals surface area contributed by atoms with Gasteiger partial charge in [0.2, 0.25) is 29.5 Å². The Morgan fingerprint density at radius 3 is 2.44 bits per heavy atom. The van der Waals surface area contributed by atoms with Crippen molar-refractivity contribution in [2.24, 2.45) is 5.92 Å². The molecule has 3 N–H and O–H groups in total. The molecule has 1 aromatic rings. The predicted molar refractivity (Wildman–Crippen MR) is 161 cm³/mol. The summed E-state index contributed by atoms with van der Waals surface area (Å²) in [5.41, 5.74) is 0.828. The van der Waals surface area contributed by atoms with Crippen LogP contribution in [0.5, 0.6) is 0 Å². The number of aliphatic hydroxyl groups is 1. The largest absolute Gasteiger partial charge is 0.388 e. The van der Waals surface area contributed by atoms with E-state index < -0.39 is 48.2 Å². The number of carbonyl (C=O) groups excluding carboxylic acids is 5. The summed E-state index contributed by atoms with van der Waals surface area (Å²) < 4.78 is 11.4. The van der Waals surface area contributed by atoms with Gasteiger partial charge >= 0.3 is 0 Å². The highest BCUT2D eigenvalue weighted by Gasteiger charge is 2.42. The average Bonchev–Trinajstić information content (AvgIpc) is 3.55. The van der Waals surface area contributed by atoms with Gasteiger partial charge in [0, 0.05) is 45.8 Å². The van der Waals surface area contributed by atoms with Gasteiger partial charge in [0.15, 0.2) is 0 Å². The zero-order valence-electron chi connectivity index (χ0n) is 26.1. The molecule has 4 aliphatic heterocycles. The van der Waals surface area contributed by atoms with Crippen LogP contribution in [0.4, 0.5) is 0 Å². The molecule has 246 valence electrons. The van der Waals surface area contributed by atoms with Crippen LogP contribution in [-0.4, -0.2) is 132 Å². The SMILES string of the molecule is C[C@H]1C(=O)N[C@@H](Cc2ccccc2)C(=O)N[C@H]2CCO[C@H](CN(C(=O)C3CCOCC3)CC(=O)N3CCC[C@H]3C(=O)N1C)[C@H]2O. The van der Waals surface area contributed by atoms with Gasteiger partial charge in [0.1, 0.15) is 30.3 Å². The van der Waals surface area contributed by atoms with Crippen LogP contribution in [0, 0.1) is 5.92 Å². The third-order valence-corrected chi connectivity index (χ3v) is 9.57. The maximum atomic E-state index is 13.8. The maximum Gasteiger partial charge on any atom is 0.245 e. The van der Waals surface area contributed by atoms with Crippen molar-refractivity contribution in [3.8, 4) is 0 Å². The Morgan fingerprint density at radius 2 is 1.71 bits per heavy atom. The minimum absolute atomic E-state index is 0.0525. The molecule has 4 fully saturated rings. The number of hydrogen-bond donors (Lipinski definition) is 3. The minimum atomic E-state index is -1.17. The fourth-order valence-corrected chi connectivity index (χ4v) is 6.66. The van der Waals surface area contributed by atoms with Crippen molar-refractivity contribution in [1.29, 1.82) is 0 Å². The fourth-order valence-electron chi connectivity index (χ4n) is 6.66. The Labute approximate surface area is 263 Å². The van der Waals surface area contributed by atoms with E-state index in [2.05, 4.69) is 10.6 Å². The van der Waals surface area contributed by atoms with Crippen molar-refractivity contribution in [2.75, 3.05) is 46.5 Å². The molecule has 13 nitrogen and oxygen atoms in total. The predicted octanol–water partition coefficient (Wildman–Crippen LogP) is -0.545. The van der Waals surface area contributed by atoms with Gasteiger partial charge in [-0.15, -0.1) is 0 Å². The third-order valence-electron chi connectivity index (χ3n) is 9.57. The van der Waals surface area contributed by atoms with Crippen molar-refractivity contribution in [3.05, 3.63) is 35.9 Å². The second-order valence-electron chi connectivity index (χ2n) is 12.5. The van der Waals surface area contributed by atoms with E-state index in [1.54, 1.807) is 6.92 Å². The van der Waals surface area contributed by atoms with Crippen LogP contribution in [0.3, 0.4) is 0 Å². The van der Waals surface area contributed by atoms with Gasteiger partial charge in [0.05, 0.1) is 19.1 Å². The van der Waals surface area contributed by atoms with Crippen molar-refractivity contribution < 1.29 is 38.6 Å². The molecule has 0 saturated carbocycles. The third kappa shape index (κ3) is 7.64. The molecule has 4 heterocycles. The van der Waals surface area contributed by atoms with E-state index in [1.165, 1.54) is 21.7 Å². The van der Waals surface area contributed by atoms with Gasteiger partial charge in [-0.25, -0.2) is 0 Å². The second kappa shape index (κ2) is 14.7. The highest BCUT2D eigenvalue weighted by atomic mass is 16.5. The Hall–Kier alpha value is -3.55. The van der Waals surface area contributed by atoms with Crippen LogP contribution in [0.2, 0.25) is 0 Å². The van der Waals surface area contributed by atoms with Gasteiger partial charge in [-0.1, -0.05) is 30.3 Å². The molecule has 4 aliphatic rings. The number of hydrogen-bond acceptors (Lipinski definition) is 8. The van der Waals surface area contributed by atoms with Crippen LogP contribution in [0.1, 0.15) is 44.6 Å². The van der Waals surface area contributed by atoms with Crippen LogP contribution < -0.4 is 10.6 Å². The molecule has 0 aliphatic carbocycles. The summed E-state index contributed by atoms with van der Waals surface area (Å²) >= 11 is 0. The maximum absolute atomic E-state index is 13.8. The number of rotatable bonds is 3. The quantitative estimate of drug-likeness (QED) is 0.403. The molecule has 2 bridgehead atoms. The van der Waals surface area contributed by atoms with Crippen LogP contribution in [0.15, 0.2) is 30.3 Å². The first-order valence-corrected chi connectivity index (χ1v) is 16.0. The minimum Gasteiger partial charge on any atom is -0.388 e. The molecule has 0 unspecified atom stereocenters. The zero-order valence-corrected chi connectivity index (χ0v) is 26.1. The number of fused-ring (bicyclic) bond motifs is 3. The van der Waals surface area contributed by atoms with Crippen LogP contribution >= 0.6 is 0 Å². The van der Waals surface area contributed by atoms with E-state index in [1.807, 2.05) is 30.3 Å². The number of nitrogens with one attached hydrogen (secondary N) is 2. The summed E-state index contributed by atoms with van der Waals surface area (Å²) in [4.78, 5) is 72.6. The number of benzene rings is 1. The van der Waals surface area contributed by atoms with E-state index in [-0.39, 0.29) is 49.8 Å².